The van der Waals surface area contributed by atoms with E-state index in [1.165, 1.54) is 11.1 Å². The van der Waals surface area contributed by atoms with E-state index in [1.54, 1.807) is 11.8 Å². The van der Waals surface area contributed by atoms with Crippen LogP contribution in [-0.2, 0) is 0 Å². The van der Waals surface area contributed by atoms with Crippen molar-refractivity contribution in [2.75, 3.05) is 11.4 Å². The molecule has 4 aromatic rings. The Balaban J connectivity index is 1.55. The SMILES string of the molecule is CCCN1C(=O)c2ccccc2Sc2cc(-c3noc(-c4ccc(C)c(C)c4)n3)ccc21. The third-order valence-corrected chi connectivity index (χ3v) is 6.84. The van der Waals surface area contributed by atoms with Gasteiger partial charge < -0.3 is 9.42 Å². The molecular weight excluding hydrogens is 418 g/mol. The number of hydrogen-bond acceptors (Lipinski definition) is 5. The summed E-state index contributed by atoms with van der Waals surface area (Å²) < 4.78 is 5.57. The summed E-state index contributed by atoms with van der Waals surface area (Å²) in [5.41, 5.74) is 5.83. The summed E-state index contributed by atoms with van der Waals surface area (Å²) in [4.78, 5) is 21.7. The molecule has 5 rings (SSSR count). The van der Waals surface area contributed by atoms with E-state index in [0.717, 1.165) is 38.6 Å². The largest absolute Gasteiger partial charge is 0.334 e. The van der Waals surface area contributed by atoms with Crippen LogP contribution in [0.4, 0.5) is 5.69 Å². The van der Waals surface area contributed by atoms with Crippen LogP contribution in [-0.4, -0.2) is 22.6 Å². The molecule has 0 bridgehead atoms. The number of carbonyl (C=O) groups is 1. The number of hydrogen-bond donors (Lipinski definition) is 0. The minimum Gasteiger partial charge on any atom is -0.334 e. The molecule has 0 aliphatic carbocycles. The summed E-state index contributed by atoms with van der Waals surface area (Å²) in [6.45, 7) is 6.90. The first-order valence-electron chi connectivity index (χ1n) is 10.7. The molecular formula is C26H23N3O2S. The summed E-state index contributed by atoms with van der Waals surface area (Å²) >= 11 is 1.60. The Labute approximate surface area is 191 Å². The predicted molar refractivity (Wildman–Crippen MR) is 127 cm³/mol. The van der Waals surface area contributed by atoms with Gasteiger partial charge in [0.2, 0.25) is 5.82 Å². The van der Waals surface area contributed by atoms with Crippen molar-refractivity contribution in [3.05, 3.63) is 77.4 Å². The predicted octanol–water partition coefficient (Wildman–Crippen LogP) is 6.54. The molecule has 0 radical (unpaired) electrons. The molecule has 0 fully saturated rings. The number of rotatable bonds is 4. The summed E-state index contributed by atoms with van der Waals surface area (Å²) in [6, 6.07) is 19.9. The lowest BCUT2D eigenvalue weighted by atomic mass is 10.1. The average Bonchev–Trinajstić information content (AvgIpc) is 3.26. The van der Waals surface area contributed by atoms with Crippen LogP contribution in [0.25, 0.3) is 22.8 Å². The monoisotopic (exact) mass is 441 g/mol. The second-order valence-electron chi connectivity index (χ2n) is 7.96. The Kier molecular flexibility index (Phi) is 5.31. The second kappa shape index (κ2) is 8.28. The van der Waals surface area contributed by atoms with Gasteiger partial charge in [-0.2, -0.15) is 4.98 Å². The number of benzene rings is 3. The Morgan fingerprint density at radius 2 is 1.75 bits per heavy atom. The second-order valence-corrected chi connectivity index (χ2v) is 9.04. The van der Waals surface area contributed by atoms with Crippen molar-refractivity contribution in [1.82, 2.24) is 10.1 Å². The molecule has 1 amide bonds. The van der Waals surface area contributed by atoms with E-state index in [4.69, 9.17) is 4.52 Å². The molecule has 1 aliphatic heterocycles. The van der Waals surface area contributed by atoms with E-state index in [-0.39, 0.29) is 5.91 Å². The molecule has 0 unspecified atom stereocenters. The van der Waals surface area contributed by atoms with Crippen molar-refractivity contribution in [2.24, 2.45) is 0 Å². The standard InChI is InChI=1S/C26H23N3O2S/c1-4-13-29-21-12-11-18(15-23(21)32-22-8-6-5-7-20(22)26(29)30)24-27-25(31-28-24)19-10-9-16(2)17(3)14-19/h5-12,14-15H,4,13H2,1-3H3. The Bertz CT molecular complexity index is 1330. The van der Waals surface area contributed by atoms with Crippen LogP contribution in [0.1, 0.15) is 34.8 Å². The van der Waals surface area contributed by atoms with E-state index < -0.39 is 0 Å². The minimum atomic E-state index is 0.0399. The van der Waals surface area contributed by atoms with Crippen LogP contribution in [0.15, 0.2) is 75.0 Å². The number of amides is 1. The van der Waals surface area contributed by atoms with Crippen molar-refractivity contribution in [1.29, 1.82) is 0 Å². The quantitative estimate of drug-likeness (QED) is 0.360. The molecule has 1 aromatic heterocycles. The molecule has 1 aliphatic rings. The molecule has 6 heteroatoms. The van der Waals surface area contributed by atoms with Gasteiger partial charge in [0.15, 0.2) is 0 Å². The van der Waals surface area contributed by atoms with Crippen LogP contribution in [0.2, 0.25) is 0 Å². The summed E-state index contributed by atoms with van der Waals surface area (Å²) in [6.07, 6.45) is 0.879. The Morgan fingerprint density at radius 3 is 2.56 bits per heavy atom. The third-order valence-electron chi connectivity index (χ3n) is 5.72. The van der Waals surface area contributed by atoms with E-state index >= 15 is 0 Å². The van der Waals surface area contributed by atoms with Crippen molar-refractivity contribution < 1.29 is 9.32 Å². The third kappa shape index (κ3) is 3.60. The molecule has 0 N–H and O–H groups in total. The molecule has 2 heterocycles. The minimum absolute atomic E-state index is 0.0399. The van der Waals surface area contributed by atoms with Gasteiger partial charge in [-0.3, -0.25) is 4.79 Å². The maximum atomic E-state index is 13.2. The van der Waals surface area contributed by atoms with Crippen LogP contribution in [0, 0.1) is 13.8 Å². The van der Waals surface area contributed by atoms with E-state index in [1.807, 2.05) is 53.4 Å². The molecule has 0 saturated heterocycles. The van der Waals surface area contributed by atoms with Crippen LogP contribution >= 0.6 is 11.8 Å². The Hall–Kier alpha value is -3.38. The van der Waals surface area contributed by atoms with Gasteiger partial charge in [0.05, 0.1) is 11.3 Å². The lowest BCUT2D eigenvalue weighted by Crippen LogP contribution is -2.31. The van der Waals surface area contributed by atoms with Crippen molar-refractivity contribution >= 4 is 23.4 Å². The zero-order valence-corrected chi connectivity index (χ0v) is 19.1. The summed E-state index contributed by atoms with van der Waals surface area (Å²) in [5.74, 6) is 1.07. The van der Waals surface area contributed by atoms with Gasteiger partial charge in [-0.1, -0.05) is 42.0 Å². The topological polar surface area (TPSA) is 59.2 Å². The van der Waals surface area contributed by atoms with Crippen LogP contribution < -0.4 is 4.90 Å². The van der Waals surface area contributed by atoms with Gasteiger partial charge in [-0.15, -0.1) is 0 Å². The lowest BCUT2D eigenvalue weighted by Gasteiger charge is -2.22. The normalized spacial score (nSPS) is 13.0. The van der Waals surface area contributed by atoms with Gasteiger partial charge in [0, 0.05) is 27.5 Å². The van der Waals surface area contributed by atoms with Gasteiger partial charge in [0.1, 0.15) is 0 Å². The molecule has 5 nitrogen and oxygen atoms in total. The number of aromatic nitrogens is 2. The first-order chi connectivity index (χ1) is 15.5. The molecule has 0 saturated carbocycles. The van der Waals surface area contributed by atoms with Crippen molar-refractivity contribution in [2.45, 2.75) is 37.0 Å². The maximum Gasteiger partial charge on any atom is 0.259 e. The number of aryl methyl sites for hydroxylation is 2. The first-order valence-corrected chi connectivity index (χ1v) is 11.5. The summed E-state index contributed by atoms with van der Waals surface area (Å²) in [5, 5.41) is 4.23. The highest BCUT2D eigenvalue weighted by molar-refractivity contribution is 7.99. The van der Waals surface area contributed by atoms with Crippen molar-refractivity contribution in [3.63, 3.8) is 0 Å². The average molecular weight is 442 g/mol. The fraction of sp³-hybridized carbons (Fsp3) is 0.192. The van der Waals surface area contributed by atoms with Gasteiger partial charge in [0.25, 0.3) is 11.8 Å². The molecule has 160 valence electrons. The highest BCUT2D eigenvalue weighted by atomic mass is 32.2. The highest BCUT2D eigenvalue weighted by Crippen LogP contribution is 2.43. The summed E-state index contributed by atoms with van der Waals surface area (Å²) in [7, 11) is 0. The molecule has 32 heavy (non-hydrogen) atoms. The number of anilines is 1. The van der Waals surface area contributed by atoms with Gasteiger partial charge >= 0.3 is 0 Å². The van der Waals surface area contributed by atoms with Crippen LogP contribution in [0.5, 0.6) is 0 Å². The maximum absolute atomic E-state index is 13.2. The zero-order valence-electron chi connectivity index (χ0n) is 18.3. The van der Waals surface area contributed by atoms with Crippen molar-refractivity contribution in [3.8, 4) is 22.8 Å². The number of carbonyl (C=O) groups excluding carboxylic acids is 1. The Morgan fingerprint density at radius 1 is 0.938 bits per heavy atom. The molecule has 0 spiro atoms. The van der Waals surface area contributed by atoms with E-state index in [0.29, 0.717) is 18.3 Å². The zero-order chi connectivity index (χ0) is 22.2. The number of nitrogens with zero attached hydrogens (tertiary/aromatic N) is 3. The first kappa shape index (κ1) is 20.5. The van der Waals surface area contributed by atoms with Gasteiger partial charge in [-0.05, 0) is 73.9 Å². The van der Waals surface area contributed by atoms with Crippen LogP contribution in [0.3, 0.4) is 0 Å². The number of fused-ring (bicyclic) bond motifs is 2. The lowest BCUT2D eigenvalue weighted by molar-refractivity contribution is 0.0984. The highest BCUT2D eigenvalue weighted by Gasteiger charge is 2.27. The van der Waals surface area contributed by atoms with E-state index in [2.05, 4.69) is 43.0 Å². The smallest absolute Gasteiger partial charge is 0.259 e. The fourth-order valence-corrected chi connectivity index (χ4v) is 4.96. The fourth-order valence-electron chi connectivity index (χ4n) is 3.84. The van der Waals surface area contributed by atoms with Gasteiger partial charge in [-0.25, -0.2) is 0 Å². The van der Waals surface area contributed by atoms with E-state index in [9.17, 15) is 4.79 Å². The molecule has 0 atom stereocenters. The molecule has 3 aromatic carbocycles.